The van der Waals surface area contributed by atoms with Crippen LogP contribution in [0, 0.1) is 0 Å². The Bertz CT molecular complexity index is 951. The molecule has 0 saturated carbocycles. The summed E-state index contributed by atoms with van der Waals surface area (Å²) in [5.41, 5.74) is 4.93. The summed E-state index contributed by atoms with van der Waals surface area (Å²) >= 11 is 0. The van der Waals surface area contributed by atoms with Gasteiger partial charge in [0.15, 0.2) is 0 Å². The second-order valence-corrected chi connectivity index (χ2v) is 5.78. The average Bonchev–Trinajstić information content (AvgIpc) is 2.73. The fraction of sp³-hybridized carbons (Fsp3) is 0.0476. The lowest BCUT2D eigenvalue weighted by Gasteiger charge is -2.08. The molecule has 0 spiro atoms. The molecule has 0 unspecified atom stereocenters. The van der Waals surface area contributed by atoms with Crippen molar-refractivity contribution in [3.8, 4) is 16.9 Å². The van der Waals surface area contributed by atoms with Crippen LogP contribution in [-0.4, -0.2) is 24.1 Å². The lowest BCUT2D eigenvalue weighted by molar-refractivity contribution is 0.0706. The monoisotopic (exact) mass is 362 g/mol. The summed E-state index contributed by atoms with van der Waals surface area (Å²) in [5.74, 6) is -0.114. The highest BCUT2D eigenvalue weighted by Crippen LogP contribution is 2.22. The van der Waals surface area contributed by atoms with Gasteiger partial charge in [-0.1, -0.05) is 30.3 Å². The molecule has 0 fully saturated rings. The van der Waals surface area contributed by atoms with Crippen molar-refractivity contribution in [1.29, 1.82) is 0 Å². The van der Waals surface area contributed by atoms with Gasteiger partial charge in [-0.2, -0.15) is 0 Å². The zero-order chi connectivity index (χ0) is 19.2. The minimum absolute atomic E-state index is 0.218. The first kappa shape index (κ1) is 18.2. The van der Waals surface area contributed by atoms with E-state index in [0.717, 1.165) is 11.1 Å². The van der Waals surface area contributed by atoms with Crippen molar-refractivity contribution in [2.45, 2.75) is 0 Å². The summed E-state index contributed by atoms with van der Waals surface area (Å²) in [6.45, 7) is 0. The molecule has 0 bridgehead atoms. The topological polar surface area (TPSA) is 87.7 Å². The van der Waals surface area contributed by atoms with E-state index in [1.807, 2.05) is 12.1 Å². The van der Waals surface area contributed by atoms with Crippen LogP contribution >= 0.6 is 0 Å². The van der Waals surface area contributed by atoms with Gasteiger partial charge in [0, 0.05) is 22.9 Å². The summed E-state index contributed by atoms with van der Waals surface area (Å²) in [7, 11) is 1.57. The number of methoxy groups -OCH3 is 1. The smallest absolute Gasteiger partial charge is 0.274 e. The van der Waals surface area contributed by atoms with Crippen LogP contribution in [0.4, 0.5) is 5.69 Å². The molecule has 0 aliphatic heterocycles. The minimum atomic E-state index is -0.564. The number of hydroxylamine groups is 1. The van der Waals surface area contributed by atoms with Crippen molar-refractivity contribution in [3.05, 3.63) is 83.9 Å². The molecular weight excluding hydrogens is 344 g/mol. The van der Waals surface area contributed by atoms with Crippen LogP contribution in [-0.2, 0) is 0 Å². The lowest BCUT2D eigenvalue weighted by Crippen LogP contribution is -2.18. The highest BCUT2D eigenvalue weighted by molar-refractivity contribution is 6.04. The molecule has 0 saturated heterocycles. The van der Waals surface area contributed by atoms with Gasteiger partial charge in [-0.3, -0.25) is 14.8 Å². The van der Waals surface area contributed by atoms with E-state index < -0.39 is 5.91 Å². The van der Waals surface area contributed by atoms with Crippen molar-refractivity contribution in [3.63, 3.8) is 0 Å². The highest BCUT2D eigenvalue weighted by Gasteiger charge is 2.08. The van der Waals surface area contributed by atoms with Crippen LogP contribution in [0.1, 0.15) is 20.7 Å². The Morgan fingerprint density at radius 3 is 1.89 bits per heavy atom. The van der Waals surface area contributed by atoms with E-state index in [2.05, 4.69) is 5.32 Å². The molecule has 6 nitrogen and oxygen atoms in total. The summed E-state index contributed by atoms with van der Waals surface area (Å²) in [5, 5.41) is 11.5. The first-order chi connectivity index (χ1) is 13.1. The first-order valence-electron chi connectivity index (χ1n) is 8.21. The third kappa shape index (κ3) is 4.31. The Labute approximate surface area is 156 Å². The molecule has 3 aromatic rings. The number of amides is 2. The van der Waals surface area contributed by atoms with Crippen LogP contribution in [0.15, 0.2) is 72.8 Å². The maximum Gasteiger partial charge on any atom is 0.274 e. The predicted molar refractivity (Wildman–Crippen MR) is 102 cm³/mol. The van der Waals surface area contributed by atoms with Gasteiger partial charge in [-0.25, -0.2) is 5.48 Å². The number of hydrogen-bond acceptors (Lipinski definition) is 4. The number of ether oxygens (including phenoxy) is 1. The highest BCUT2D eigenvalue weighted by atomic mass is 16.5. The van der Waals surface area contributed by atoms with Crippen molar-refractivity contribution in [2.24, 2.45) is 0 Å². The van der Waals surface area contributed by atoms with Gasteiger partial charge in [-0.05, 0) is 47.5 Å². The molecule has 3 aromatic carbocycles. The second kappa shape index (κ2) is 8.16. The first-order valence-corrected chi connectivity index (χ1v) is 8.21. The Hall–Kier alpha value is -3.64. The largest absolute Gasteiger partial charge is 0.497 e. The molecule has 0 radical (unpaired) electrons. The van der Waals surface area contributed by atoms with Crippen LogP contribution in [0.2, 0.25) is 0 Å². The average molecular weight is 362 g/mol. The van der Waals surface area contributed by atoms with Crippen LogP contribution < -0.4 is 15.5 Å². The van der Waals surface area contributed by atoms with E-state index in [-0.39, 0.29) is 5.91 Å². The summed E-state index contributed by atoms with van der Waals surface area (Å²) < 4.78 is 5.15. The number of anilines is 1. The second-order valence-electron chi connectivity index (χ2n) is 5.78. The van der Waals surface area contributed by atoms with Gasteiger partial charge >= 0.3 is 0 Å². The molecule has 0 atom stereocenters. The molecular formula is C21H18N2O4. The number of rotatable bonds is 5. The Balaban J connectivity index is 1.72. The van der Waals surface area contributed by atoms with Gasteiger partial charge in [0.1, 0.15) is 5.75 Å². The fourth-order valence-electron chi connectivity index (χ4n) is 2.60. The molecule has 2 amide bonds. The van der Waals surface area contributed by atoms with E-state index >= 15 is 0 Å². The maximum absolute atomic E-state index is 12.4. The van der Waals surface area contributed by atoms with Crippen LogP contribution in [0.5, 0.6) is 5.75 Å². The van der Waals surface area contributed by atoms with E-state index in [4.69, 9.17) is 9.94 Å². The zero-order valence-electron chi connectivity index (χ0n) is 14.6. The Kier molecular flexibility index (Phi) is 5.49. The Morgan fingerprint density at radius 2 is 1.37 bits per heavy atom. The van der Waals surface area contributed by atoms with Crippen molar-refractivity contribution in [1.82, 2.24) is 5.48 Å². The van der Waals surface area contributed by atoms with Crippen molar-refractivity contribution in [2.75, 3.05) is 12.4 Å². The third-order valence-corrected chi connectivity index (χ3v) is 4.06. The number of hydrogen-bond donors (Lipinski definition) is 3. The van der Waals surface area contributed by atoms with E-state index in [9.17, 15) is 9.59 Å². The minimum Gasteiger partial charge on any atom is -0.497 e. The Morgan fingerprint density at radius 1 is 0.815 bits per heavy atom. The zero-order valence-corrected chi connectivity index (χ0v) is 14.6. The third-order valence-electron chi connectivity index (χ3n) is 4.06. The number of nitrogens with one attached hydrogen (secondary N) is 2. The summed E-state index contributed by atoms with van der Waals surface area (Å²) in [6.07, 6.45) is 0. The standard InChI is InChI=1S/C21H18N2O4/c1-27-19-4-2-3-18(13-19)22-20(24)16-9-5-14(6-10-16)15-7-11-17(12-8-15)21(25)23-26/h2-13,26H,1H3,(H,22,24)(H,23,25). The van der Waals surface area contributed by atoms with Gasteiger partial charge < -0.3 is 10.1 Å². The van der Waals surface area contributed by atoms with E-state index in [1.54, 1.807) is 73.3 Å². The van der Waals surface area contributed by atoms with Crippen molar-refractivity contribution >= 4 is 17.5 Å². The lowest BCUT2D eigenvalue weighted by atomic mass is 10.0. The molecule has 27 heavy (non-hydrogen) atoms. The normalized spacial score (nSPS) is 10.1. The van der Waals surface area contributed by atoms with Crippen molar-refractivity contribution < 1.29 is 19.5 Å². The summed E-state index contributed by atoms with van der Waals surface area (Å²) in [4.78, 5) is 23.8. The molecule has 0 aromatic heterocycles. The molecule has 3 rings (SSSR count). The molecule has 3 N–H and O–H groups in total. The molecule has 0 heterocycles. The number of carbonyl (C=O) groups excluding carboxylic acids is 2. The predicted octanol–water partition coefficient (Wildman–Crippen LogP) is 3.73. The maximum atomic E-state index is 12.4. The van der Waals surface area contributed by atoms with Gasteiger partial charge in [0.05, 0.1) is 7.11 Å². The van der Waals surface area contributed by atoms with Crippen LogP contribution in [0.25, 0.3) is 11.1 Å². The molecule has 6 heteroatoms. The molecule has 136 valence electrons. The molecule has 0 aliphatic rings. The number of carbonyl (C=O) groups is 2. The van der Waals surface area contributed by atoms with E-state index in [1.165, 1.54) is 0 Å². The number of benzene rings is 3. The van der Waals surface area contributed by atoms with Gasteiger partial charge in [0.2, 0.25) is 0 Å². The van der Waals surface area contributed by atoms with Crippen LogP contribution in [0.3, 0.4) is 0 Å². The van der Waals surface area contributed by atoms with Gasteiger partial charge in [0.25, 0.3) is 11.8 Å². The van der Waals surface area contributed by atoms with Gasteiger partial charge in [-0.15, -0.1) is 0 Å². The molecule has 0 aliphatic carbocycles. The quantitative estimate of drug-likeness (QED) is 0.477. The summed E-state index contributed by atoms with van der Waals surface area (Å²) in [6, 6.07) is 21.1. The SMILES string of the molecule is COc1cccc(NC(=O)c2ccc(-c3ccc(C(=O)NO)cc3)cc2)c1. The van der Waals surface area contributed by atoms with E-state index in [0.29, 0.717) is 22.6 Å². The fourth-order valence-corrected chi connectivity index (χ4v) is 2.60.